The van der Waals surface area contributed by atoms with Gasteiger partial charge in [0.15, 0.2) is 0 Å². The van der Waals surface area contributed by atoms with Crippen LogP contribution in [0, 0.1) is 28.6 Å². The number of aliphatic hydroxyl groups excluding tert-OH is 1. The van der Waals surface area contributed by atoms with Crippen molar-refractivity contribution in [2.24, 2.45) is 28.6 Å². The van der Waals surface area contributed by atoms with Crippen LogP contribution >= 0.6 is 0 Å². The molecule has 5 atom stereocenters. The summed E-state index contributed by atoms with van der Waals surface area (Å²) in [5.74, 6) is 2.57. The molecule has 1 unspecified atom stereocenters. The van der Waals surface area contributed by atoms with Crippen molar-refractivity contribution in [1.29, 1.82) is 0 Å². The monoisotopic (exact) mass is 208 g/mol. The first-order valence-electron chi connectivity index (χ1n) is 6.61. The van der Waals surface area contributed by atoms with Crippen LogP contribution in [0.5, 0.6) is 0 Å². The first-order chi connectivity index (χ1) is 6.93. The van der Waals surface area contributed by atoms with Gasteiger partial charge in [0.05, 0.1) is 6.10 Å². The van der Waals surface area contributed by atoms with Gasteiger partial charge in [0.25, 0.3) is 0 Å². The Bertz CT molecular complexity index is 283. The Morgan fingerprint density at radius 3 is 2.53 bits per heavy atom. The van der Waals surface area contributed by atoms with Crippen LogP contribution in [0.4, 0.5) is 0 Å². The van der Waals surface area contributed by atoms with Gasteiger partial charge < -0.3 is 5.11 Å². The Balaban J connectivity index is 1.92. The number of hydrogen-bond donors (Lipinski definition) is 1. The minimum atomic E-state index is -0.00796. The molecule has 86 valence electrons. The van der Waals surface area contributed by atoms with E-state index in [1.807, 2.05) is 0 Å². The molecule has 1 N–H and O–H groups in total. The molecule has 0 radical (unpaired) electrons. The fraction of sp³-hybridized carbons (Fsp3) is 1.00. The Hall–Kier alpha value is -0.0400. The van der Waals surface area contributed by atoms with Crippen LogP contribution in [-0.2, 0) is 0 Å². The molecule has 3 fully saturated rings. The molecule has 0 aromatic carbocycles. The third-order valence-electron chi connectivity index (χ3n) is 5.93. The van der Waals surface area contributed by atoms with E-state index in [9.17, 15) is 5.11 Å². The van der Waals surface area contributed by atoms with E-state index in [0.29, 0.717) is 5.41 Å². The zero-order valence-electron chi connectivity index (χ0n) is 10.3. The molecule has 3 aliphatic carbocycles. The van der Waals surface area contributed by atoms with E-state index in [2.05, 4.69) is 20.8 Å². The van der Waals surface area contributed by atoms with Crippen molar-refractivity contribution < 1.29 is 5.11 Å². The van der Waals surface area contributed by atoms with Gasteiger partial charge in [-0.25, -0.2) is 0 Å². The molecule has 0 bridgehead atoms. The van der Waals surface area contributed by atoms with Crippen LogP contribution in [0.2, 0.25) is 0 Å². The molecule has 3 aliphatic rings. The number of rotatable bonds is 0. The predicted octanol–water partition coefficient (Wildman–Crippen LogP) is 3.22. The molecular weight excluding hydrogens is 184 g/mol. The molecule has 0 aromatic heterocycles. The lowest BCUT2D eigenvalue weighted by Gasteiger charge is -2.36. The lowest BCUT2D eigenvalue weighted by molar-refractivity contribution is 0.0110. The summed E-state index contributed by atoms with van der Waals surface area (Å²) in [6.07, 6.45) is 6.49. The highest BCUT2D eigenvalue weighted by molar-refractivity contribution is 5.11. The minimum Gasteiger partial charge on any atom is -0.393 e. The summed E-state index contributed by atoms with van der Waals surface area (Å²) in [6.45, 7) is 7.19. The summed E-state index contributed by atoms with van der Waals surface area (Å²) < 4.78 is 0. The van der Waals surface area contributed by atoms with Crippen molar-refractivity contribution in [1.82, 2.24) is 0 Å². The van der Waals surface area contributed by atoms with Crippen molar-refractivity contribution >= 4 is 0 Å². The summed E-state index contributed by atoms with van der Waals surface area (Å²) in [5, 5.41) is 10.3. The number of fused-ring (bicyclic) bond motifs is 3. The zero-order valence-corrected chi connectivity index (χ0v) is 10.3. The Morgan fingerprint density at radius 1 is 1.07 bits per heavy atom. The van der Waals surface area contributed by atoms with Gasteiger partial charge in [-0.1, -0.05) is 20.8 Å². The van der Waals surface area contributed by atoms with E-state index < -0.39 is 0 Å². The van der Waals surface area contributed by atoms with Crippen LogP contribution in [0.15, 0.2) is 0 Å². The van der Waals surface area contributed by atoms with Gasteiger partial charge in [0.1, 0.15) is 0 Å². The molecule has 0 saturated heterocycles. The fourth-order valence-electron chi connectivity index (χ4n) is 5.21. The SMILES string of the molecule is CC1(C)C[C@@H]2C[C@H]3CCC(O)[C@@]3(C)[C@@H]2C1. The van der Waals surface area contributed by atoms with E-state index in [0.717, 1.165) is 24.2 Å². The van der Waals surface area contributed by atoms with Gasteiger partial charge in [-0.2, -0.15) is 0 Å². The maximum atomic E-state index is 10.3. The van der Waals surface area contributed by atoms with E-state index in [1.54, 1.807) is 0 Å². The number of hydrogen-bond acceptors (Lipinski definition) is 1. The highest BCUT2D eigenvalue weighted by Gasteiger charge is 2.61. The summed E-state index contributed by atoms with van der Waals surface area (Å²) in [6, 6.07) is 0. The molecule has 0 spiro atoms. The van der Waals surface area contributed by atoms with Gasteiger partial charge in [0.2, 0.25) is 0 Å². The normalized spacial score (nSPS) is 56.8. The van der Waals surface area contributed by atoms with E-state index in [1.165, 1.54) is 25.7 Å². The lowest BCUT2D eigenvalue weighted by Crippen LogP contribution is -2.35. The molecule has 15 heavy (non-hydrogen) atoms. The average Bonchev–Trinajstić information content (AvgIpc) is 2.65. The highest BCUT2D eigenvalue weighted by Crippen LogP contribution is 2.67. The smallest absolute Gasteiger partial charge is 0.0599 e. The van der Waals surface area contributed by atoms with Gasteiger partial charge in [-0.05, 0) is 60.7 Å². The van der Waals surface area contributed by atoms with Gasteiger partial charge in [-0.3, -0.25) is 0 Å². The molecule has 3 rings (SSSR count). The van der Waals surface area contributed by atoms with Crippen LogP contribution in [0.25, 0.3) is 0 Å². The second-order valence-corrected chi connectivity index (χ2v) is 7.33. The van der Waals surface area contributed by atoms with Crippen molar-refractivity contribution in [2.75, 3.05) is 0 Å². The van der Waals surface area contributed by atoms with E-state index in [-0.39, 0.29) is 11.5 Å². The molecule has 1 heteroatoms. The first-order valence-corrected chi connectivity index (χ1v) is 6.61. The average molecular weight is 208 g/mol. The topological polar surface area (TPSA) is 20.2 Å². The first kappa shape index (κ1) is 10.1. The molecule has 0 amide bonds. The van der Waals surface area contributed by atoms with E-state index in [4.69, 9.17) is 0 Å². The second kappa shape index (κ2) is 2.80. The summed E-state index contributed by atoms with van der Waals surface area (Å²) in [4.78, 5) is 0. The van der Waals surface area contributed by atoms with Gasteiger partial charge in [-0.15, -0.1) is 0 Å². The molecule has 0 aromatic rings. The third kappa shape index (κ3) is 1.19. The summed E-state index contributed by atoms with van der Waals surface area (Å²) in [7, 11) is 0. The Kier molecular flexibility index (Phi) is 1.89. The third-order valence-corrected chi connectivity index (χ3v) is 5.93. The van der Waals surface area contributed by atoms with Crippen LogP contribution in [0.1, 0.15) is 52.9 Å². The van der Waals surface area contributed by atoms with Crippen LogP contribution in [0.3, 0.4) is 0 Å². The molecular formula is C14H24O. The van der Waals surface area contributed by atoms with Gasteiger partial charge in [0, 0.05) is 0 Å². The maximum Gasteiger partial charge on any atom is 0.0599 e. The summed E-state index contributed by atoms with van der Waals surface area (Å²) >= 11 is 0. The molecule has 1 nitrogen and oxygen atoms in total. The van der Waals surface area contributed by atoms with Crippen molar-refractivity contribution in [3.05, 3.63) is 0 Å². The van der Waals surface area contributed by atoms with Crippen molar-refractivity contribution in [2.45, 2.75) is 59.0 Å². The van der Waals surface area contributed by atoms with Gasteiger partial charge >= 0.3 is 0 Å². The Morgan fingerprint density at radius 2 is 1.80 bits per heavy atom. The maximum absolute atomic E-state index is 10.3. The van der Waals surface area contributed by atoms with Crippen molar-refractivity contribution in [3.8, 4) is 0 Å². The standard InChI is InChI=1S/C14H24O/c1-13(2)7-9-6-10-4-5-12(15)14(10,3)11(9)8-13/h9-12,15H,4-8H2,1-3H3/t9-,10+,11+,12?,14+/m0/s1. The molecule has 0 heterocycles. The largest absolute Gasteiger partial charge is 0.393 e. The number of aliphatic hydroxyl groups is 1. The summed E-state index contributed by atoms with van der Waals surface area (Å²) in [5.41, 5.74) is 0.810. The van der Waals surface area contributed by atoms with Crippen LogP contribution < -0.4 is 0 Å². The van der Waals surface area contributed by atoms with E-state index >= 15 is 0 Å². The lowest BCUT2D eigenvalue weighted by atomic mass is 9.71. The fourth-order valence-corrected chi connectivity index (χ4v) is 5.21. The minimum absolute atomic E-state index is 0.00796. The quantitative estimate of drug-likeness (QED) is 0.648. The van der Waals surface area contributed by atoms with Crippen molar-refractivity contribution in [3.63, 3.8) is 0 Å². The zero-order chi connectivity index (χ0) is 10.8. The molecule has 0 aliphatic heterocycles. The highest BCUT2D eigenvalue weighted by atomic mass is 16.3. The predicted molar refractivity (Wildman–Crippen MR) is 61.4 cm³/mol. The second-order valence-electron chi connectivity index (χ2n) is 7.33. The van der Waals surface area contributed by atoms with Crippen LogP contribution in [-0.4, -0.2) is 11.2 Å². The Labute approximate surface area is 93.3 Å². The molecule has 3 saturated carbocycles.